The smallest absolute Gasteiger partial charge is 0.227 e. The number of hydrogen-bond donors (Lipinski definition) is 2. The van der Waals surface area contributed by atoms with Gasteiger partial charge in [-0.25, -0.2) is 0 Å². The van der Waals surface area contributed by atoms with E-state index in [1.807, 2.05) is 24.3 Å². The van der Waals surface area contributed by atoms with Gasteiger partial charge < -0.3 is 20.1 Å². The van der Waals surface area contributed by atoms with Crippen LogP contribution in [0.5, 0.6) is 11.5 Å². The summed E-state index contributed by atoms with van der Waals surface area (Å²) in [5.74, 6) is 1.18. The summed E-state index contributed by atoms with van der Waals surface area (Å²) in [7, 11) is 1.62. The van der Waals surface area contributed by atoms with E-state index in [2.05, 4.69) is 10.6 Å². The van der Waals surface area contributed by atoms with Crippen molar-refractivity contribution in [1.29, 1.82) is 0 Å². The van der Waals surface area contributed by atoms with Crippen LogP contribution in [0.25, 0.3) is 0 Å². The van der Waals surface area contributed by atoms with Crippen LogP contribution in [-0.4, -0.2) is 25.5 Å². The molecule has 0 unspecified atom stereocenters. The summed E-state index contributed by atoms with van der Waals surface area (Å²) in [5.41, 5.74) is 2.18. The van der Waals surface area contributed by atoms with Gasteiger partial charge in [0.25, 0.3) is 0 Å². The number of benzene rings is 2. The van der Waals surface area contributed by atoms with Crippen molar-refractivity contribution < 1.29 is 19.1 Å². The summed E-state index contributed by atoms with van der Waals surface area (Å²) in [4.78, 5) is 23.8. The summed E-state index contributed by atoms with van der Waals surface area (Å²) < 4.78 is 10.8. The van der Waals surface area contributed by atoms with E-state index in [-0.39, 0.29) is 11.8 Å². The Balaban J connectivity index is 1.62. The average molecular weight is 340 g/mol. The Hall–Kier alpha value is -3.02. The molecule has 130 valence electrons. The van der Waals surface area contributed by atoms with Crippen LogP contribution in [0.4, 0.5) is 11.4 Å². The van der Waals surface area contributed by atoms with E-state index in [9.17, 15) is 9.59 Å². The van der Waals surface area contributed by atoms with Crippen LogP contribution in [0.1, 0.15) is 18.4 Å². The molecule has 0 spiro atoms. The van der Waals surface area contributed by atoms with Gasteiger partial charge in [-0.1, -0.05) is 18.2 Å². The molecule has 1 aliphatic heterocycles. The Morgan fingerprint density at radius 3 is 2.96 bits per heavy atom. The van der Waals surface area contributed by atoms with Crippen molar-refractivity contribution in [3.63, 3.8) is 0 Å². The molecule has 1 heterocycles. The monoisotopic (exact) mass is 340 g/mol. The largest absolute Gasteiger partial charge is 0.496 e. The van der Waals surface area contributed by atoms with E-state index in [1.54, 1.807) is 25.3 Å². The second-order valence-corrected chi connectivity index (χ2v) is 5.72. The van der Waals surface area contributed by atoms with Gasteiger partial charge in [-0.05, 0) is 36.2 Å². The molecule has 0 aromatic heterocycles. The van der Waals surface area contributed by atoms with Gasteiger partial charge in [-0.2, -0.15) is 0 Å². The number of carbonyl (C=O) groups is 2. The molecule has 25 heavy (non-hydrogen) atoms. The van der Waals surface area contributed by atoms with Crippen molar-refractivity contribution >= 4 is 23.2 Å². The van der Waals surface area contributed by atoms with Crippen molar-refractivity contribution in [3.8, 4) is 11.5 Å². The van der Waals surface area contributed by atoms with E-state index < -0.39 is 0 Å². The van der Waals surface area contributed by atoms with E-state index in [4.69, 9.17) is 9.47 Å². The van der Waals surface area contributed by atoms with Gasteiger partial charge in [0, 0.05) is 12.1 Å². The van der Waals surface area contributed by atoms with Crippen molar-refractivity contribution in [1.82, 2.24) is 0 Å². The SMILES string of the molecule is COc1ccccc1CCC(=O)Nc1ccc2c(c1)NC(=O)CCO2. The number of amides is 2. The highest BCUT2D eigenvalue weighted by Gasteiger charge is 2.15. The first-order valence-electron chi connectivity index (χ1n) is 8.14. The standard InChI is InChI=1S/C19H20N2O4/c1-24-16-5-3-2-4-13(16)6-9-18(22)20-14-7-8-17-15(12-14)21-19(23)10-11-25-17/h2-5,7-8,12H,6,9-11H2,1H3,(H,20,22)(H,21,23). The van der Waals surface area contributed by atoms with E-state index in [0.29, 0.717) is 43.0 Å². The van der Waals surface area contributed by atoms with Gasteiger partial charge in [0.15, 0.2) is 0 Å². The van der Waals surface area contributed by atoms with Crippen LogP contribution in [0, 0.1) is 0 Å². The highest BCUT2D eigenvalue weighted by molar-refractivity contribution is 5.96. The number of anilines is 2. The molecule has 0 atom stereocenters. The van der Waals surface area contributed by atoms with Crippen molar-refractivity contribution in [2.75, 3.05) is 24.4 Å². The Morgan fingerprint density at radius 2 is 2.12 bits per heavy atom. The summed E-state index contributed by atoms with van der Waals surface area (Å²) in [5, 5.41) is 5.63. The van der Waals surface area contributed by atoms with Crippen LogP contribution >= 0.6 is 0 Å². The number of para-hydroxylation sites is 1. The van der Waals surface area contributed by atoms with Crippen LogP contribution in [0.2, 0.25) is 0 Å². The van der Waals surface area contributed by atoms with Gasteiger partial charge in [0.05, 0.1) is 25.8 Å². The van der Waals surface area contributed by atoms with Crippen molar-refractivity contribution in [2.24, 2.45) is 0 Å². The summed E-state index contributed by atoms with van der Waals surface area (Å²) in [6.07, 6.45) is 1.23. The van der Waals surface area contributed by atoms with Crippen LogP contribution in [-0.2, 0) is 16.0 Å². The third kappa shape index (κ3) is 4.29. The lowest BCUT2D eigenvalue weighted by atomic mass is 10.1. The minimum absolute atomic E-state index is 0.0987. The molecular weight excluding hydrogens is 320 g/mol. The molecule has 1 aliphatic rings. The normalized spacial score (nSPS) is 13.1. The van der Waals surface area contributed by atoms with Crippen LogP contribution in [0.3, 0.4) is 0 Å². The van der Waals surface area contributed by atoms with Crippen LogP contribution < -0.4 is 20.1 Å². The topological polar surface area (TPSA) is 76.7 Å². The van der Waals surface area contributed by atoms with E-state index >= 15 is 0 Å². The molecular formula is C19H20N2O4. The fourth-order valence-electron chi connectivity index (χ4n) is 2.68. The minimum Gasteiger partial charge on any atom is -0.496 e. The number of fused-ring (bicyclic) bond motifs is 1. The Bertz CT molecular complexity index is 789. The number of nitrogens with one attached hydrogen (secondary N) is 2. The lowest BCUT2D eigenvalue weighted by Crippen LogP contribution is -2.13. The second-order valence-electron chi connectivity index (χ2n) is 5.72. The molecule has 2 N–H and O–H groups in total. The van der Waals surface area contributed by atoms with Gasteiger partial charge >= 0.3 is 0 Å². The zero-order chi connectivity index (χ0) is 17.6. The van der Waals surface area contributed by atoms with Gasteiger partial charge in [-0.3, -0.25) is 9.59 Å². The highest BCUT2D eigenvalue weighted by Crippen LogP contribution is 2.30. The number of rotatable bonds is 5. The molecule has 2 amide bonds. The van der Waals surface area contributed by atoms with Crippen molar-refractivity contribution in [2.45, 2.75) is 19.3 Å². The number of ether oxygens (including phenoxy) is 2. The molecule has 2 aromatic rings. The molecule has 6 nitrogen and oxygen atoms in total. The zero-order valence-electron chi connectivity index (χ0n) is 14.0. The Morgan fingerprint density at radius 1 is 1.28 bits per heavy atom. The molecule has 2 aromatic carbocycles. The molecule has 6 heteroatoms. The Labute approximate surface area is 146 Å². The number of methoxy groups -OCH3 is 1. The first-order valence-corrected chi connectivity index (χ1v) is 8.14. The highest BCUT2D eigenvalue weighted by atomic mass is 16.5. The number of aryl methyl sites for hydroxylation is 1. The maximum absolute atomic E-state index is 12.2. The molecule has 3 rings (SSSR count). The fourth-order valence-corrected chi connectivity index (χ4v) is 2.68. The molecule has 0 saturated carbocycles. The molecule has 0 aliphatic carbocycles. The summed E-state index contributed by atoms with van der Waals surface area (Å²) in [6.45, 7) is 0.351. The van der Waals surface area contributed by atoms with E-state index in [0.717, 1.165) is 11.3 Å². The molecule has 0 saturated heterocycles. The predicted molar refractivity (Wildman–Crippen MR) is 95.1 cm³/mol. The second kappa shape index (κ2) is 7.70. The molecule has 0 bridgehead atoms. The zero-order valence-corrected chi connectivity index (χ0v) is 14.0. The molecule has 0 fully saturated rings. The third-order valence-corrected chi connectivity index (χ3v) is 3.94. The maximum atomic E-state index is 12.2. The van der Waals surface area contributed by atoms with Crippen LogP contribution in [0.15, 0.2) is 42.5 Å². The van der Waals surface area contributed by atoms with Gasteiger partial charge in [-0.15, -0.1) is 0 Å². The maximum Gasteiger partial charge on any atom is 0.227 e. The lowest BCUT2D eigenvalue weighted by molar-refractivity contribution is -0.117. The number of carbonyl (C=O) groups excluding carboxylic acids is 2. The summed E-state index contributed by atoms with van der Waals surface area (Å²) >= 11 is 0. The van der Waals surface area contributed by atoms with Gasteiger partial charge in [0.1, 0.15) is 11.5 Å². The minimum atomic E-state index is -0.105. The summed E-state index contributed by atoms with van der Waals surface area (Å²) in [6, 6.07) is 12.9. The first-order chi connectivity index (χ1) is 12.2. The third-order valence-electron chi connectivity index (χ3n) is 3.94. The first kappa shape index (κ1) is 16.8. The quantitative estimate of drug-likeness (QED) is 0.877. The lowest BCUT2D eigenvalue weighted by Gasteiger charge is -2.11. The Kier molecular flexibility index (Phi) is 5.18. The van der Waals surface area contributed by atoms with Crippen molar-refractivity contribution in [3.05, 3.63) is 48.0 Å². The number of hydrogen-bond acceptors (Lipinski definition) is 4. The average Bonchev–Trinajstić information content (AvgIpc) is 2.80. The molecule has 0 radical (unpaired) electrons. The fraction of sp³-hybridized carbons (Fsp3) is 0.263. The van der Waals surface area contributed by atoms with Gasteiger partial charge in [0.2, 0.25) is 11.8 Å². The van der Waals surface area contributed by atoms with E-state index in [1.165, 1.54) is 0 Å². The predicted octanol–water partition coefficient (Wildman–Crippen LogP) is 2.99.